The zero-order valence-corrected chi connectivity index (χ0v) is 17.2. The average Bonchev–Trinajstić information content (AvgIpc) is 2.60. The Morgan fingerprint density at radius 2 is 1.96 bits per heavy atom. The van der Waals surface area contributed by atoms with Gasteiger partial charge < -0.3 is 24.4 Å². The van der Waals surface area contributed by atoms with E-state index in [1.54, 1.807) is 0 Å². The van der Waals surface area contributed by atoms with Gasteiger partial charge in [-0.15, -0.1) is 5.73 Å². The molecule has 0 aromatic rings. The number of rotatable bonds is 5. The van der Waals surface area contributed by atoms with Gasteiger partial charge in [-0.3, -0.25) is 0 Å². The number of allylic oxidation sites excluding steroid dienone is 1. The molecule has 2 aliphatic heterocycles. The molecule has 144 valence electrons. The molecule has 25 heavy (non-hydrogen) atoms. The molecule has 2 aliphatic rings. The Kier molecular flexibility index (Phi) is 6.71. The standard InChI is InChI=1S/C19H34O5Si/c1-7-8-13-11-19(2,3)23-12-14-15(13)16(20)17(21)18(24-14)22-9-10-25(4,5)6/h8,13-18,20-21H,1,9-12H2,2-6H3. The Labute approximate surface area is 152 Å². The van der Waals surface area contributed by atoms with Crippen LogP contribution in [0.25, 0.3) is 0 Å². The van der Waals surface area contributed by atoms with E-state index in [4.69, 9.17) is 14.2 Å². The van der Waals surface area contributed by atoms with Gasteiger partial charge in [-0.1, -0.05) is 26.2 Å². The minimum absolute atomic E-state index is 0.0208. The quantitative estimate of drug-likeness (QED) is 0.575. The Bertz CT molecular complexity index is 495. The second kappa shape index (κ2) is 8.05. The van der Waals surface area contributed by atoms with Crippen LogP contribution in [0.1, 0.15) is 20.3 Å². The van der Waals surface area contributed by atoms with E-state index in [9.17, 15) is 10.2 Å². The van der Waals surface area contributed by atoms with Gasteiger partial charge in [0.15, 0.2) is 6.29 Å². The lowest BCUT2D eigenvalue weighted by molar-refractivity contribution is -0.292. The highest BCUT2D eigenvalue weighted by Crippen LogP contribution is 2.40. The summed E-state index contributed by atoms with van der Waals surface area (Å²) in [6.45, 7) is 15.4. The average molecular weight is 371 g/mol. The van der Waals surface area contributed by atoms with E-state index in [2.05, 4.69) is 32.0 Å². The van der Waals surface area contributed by atoms with Gasteiger partial charge in [0.1, 0.15) is 6.10 Å². The fourth-order valence-electron chi connectivity index (χ4n) is 3.64. The molecule has 2 rings (SSSR count). The topological polar surface area (TPSA) is 68.2 Å². The van der Waals surface area contributed by atoms with Crippen LogP contribution >= 0.6 is 0 Å². The van der Waals surface area contributed by atoms with E-state index in [0.29, 0.717) is 19.6 Å². The molecular weight excluding hydrogens is 336 g/mol. The van der Waals surface area contributed by atoms with Crippen molar-refractivity contribution in [2.24, 2.45) is 11.8 Å². The molecule has 6 heteroatoms. The van der Waals surface area contributed by atoms with Crippen molar-refractivity contribution in [1.82, 2.24) is 0 Å². The zero-order chi connectivity index (χ0) is 18.8. The monoisotopic (exact) mass is 370 g/mol. The summed E-state index contributed by atoms with van der Waals surface area (Å²) in [6, 6.07) is 0.981. The minimum atomic E-state index is -1.23. The lowest BCUT2D eigenvalue weighted by Gasteiger charge is -2.43. The second-order valence-corrected chi connectivity index (χ2v) is 14.7. The Morgan fingerprint density at radius 1 is 1.28 bits per heavy atom. The van der Waals surface area contributed by atoms with Crippen LogP contribution in [0.5, 0.6) is 0 Å². The van der Waals surface area contributed by atoms with Crippen molar-refractivity contribution >= 4 is 8.07 Å². The van der Waals surface area contributed by atoms with E-state index in [-0.39, 0.29) is 23.5 Å². The van der Waals surface area contributed by atoms with E-state index in [0.717, 1.165) is 6.04 Å². The summed E-state index contributed by atoms with van der Waals surface area (Å²) in [7, 11) is -1.23. The maximum atomic E-state index is 10.8. The number of hydrogen-bond donors (Lipinski definition) is 2. The normalized spacial score (nSPS) is 38.4. The van der Waals surface area contributed by atoms with Crippen molar-refractivity contribution in [1.29, 1.82) is 0 Å². The number of aliphatic hydroxyl groups is 2. The van der Waals surface area contributed by atoms with Crippen LogP contribution in [0.2, 0.25) is 25.7 Å². The van der Waals surface area contributed by atoms with Crippen LogP contribution in [0.3, 0.4) is 0 Å². The van der Waals surface area contributed by atoms with Gasteiger partial charge in [0, 0.05) is 20.6 Å². The number of hydrogen-bond acceptors (Lipinski definition) is 5. The highest BCUT2D eigenvalue weighted by Gasteiger charge is 2.50. The molecule has 5 nitrogen and oxygen atoms in total. The van der Waals surface area contributed by atoms with Crippen molar-refractivity contribution in [3.05, 3.63) is 18.4 Å². The van der Waals surface area contributed by atoms with Crippen LogP contribution < -0.4 is 0 Å². The molecule has 0 bridgehead atoms. The van der Waals surface area contributed by atoms with E-state index in [1.807, 2.05) is 19.9 Å². The molecule has 0 radical (unpaired) electrons. The molecule has 2 saturated heterocycles. The number of ether oxygens (including phenoxy) is 3. The lowest BCUT2D eigenvalue weighted by Crippen LogP contribution is -2.57. The van der Waals surface area contributed by atoms with Crippen LogP contribution in [0.4, 0.5) is 0 Å². The van der Waals surface area contributed by atoms with Crippen molar-refractivity contribution < 1.29 is 24.4 Å². The number of fused-ring (bicyclic) bond motifs is 1. The first kappa shape index (κ1) is 20.8. The molecule has 2 N–H and O–H groups in total. The molecule has 0 amide bonds. The number of aliphatic hydroxyl groups excluding tert-OH is 2. The summed E-state index contributed by atoms with van der Waals surface area (Å²) in [4.78, 5) is 0. The molecular formula is C19H34O5Si. The third-order valence-corrected chi connectivity index (χ3v) is 6.79. The smallest absolute Gasteiger partial charge is 0.186 e. The molecule has 0 aromatic carbocycles. The second-order valence-electron chi connectivity index (χ2n) is 9.09. The third-order valence-electron chi connectivity index (χ3n) is 5.09. The summed E-state index contributed by atoms with van der Waals surface area (Å²) in [5.74, 6) is -0.282. The molecule has 0 aromatic heterocycles. The van der Waals surface area contributed by atoms with Gasteiger partial charge in [0.05, 0.1) is 24.4 Å². The highest BCUT2D eigenvalue weighted by molar-refractivity contribution is 6.76. The molecule has 6 unspecified atom stereocenters. The van der Waals surface area contributed by atoms with E-state index >= 15 is 0 Å². The first-order valence-electron chi connectivity index (χ1n) is 9.17. The molecule has 6 atom stereocenters. The van der Waals surface area contributed by atoms with Gasteiger partial charge in [0.25, 0.3) is 0 Å². The molecule has 2 heterocycles. The third kappa shape index (κ3) is 5.50. The summed E-state index contributed by atoms with van der Waals surface area (Å²) in [6.07, 6.45) is -0.560. The molecule has 0 saturated carbocycles. The van der Waals surface area contributed by atoms with Gasteiger partial charge in [-0.25, -0.2) is 0 Å². The highest BCUT2D eigenvalue weighted by atomic mass is 28.3. The fraction of sp³-hybridized carbons (Fsp3) is 0.842. The van der Waals surface area contributed by atoms with Crippen molar-refractivity contribution in [3.8, 4) is 0 Å². The zero-order valence-electron chi connectivity index (χ0n) is 16.2. The largest absolute Gasteiger partial charge is 0.390 e. The summed E-state index contributed by atoms with van der Waals surface area (Å²) < 4.78 is 17.8. The minimum Gasteiger partial charge on any atom is -0.390 e. The maximum Gasteiger partial charge on any atom is 0.186 e. The van der Waals surface area contributed by atoms with Crippen LogP contribution in [0, 0.1) is 11.8 Å². The van der Waals surface area contributed by atoms with Crippen LogP contribution in [-0.4, -0.2) is 61.7 Å². The Hall–Kier alpha value is -0.463. The van der Waals surface area contributed by atoms with Crippen molar-refractivity contribution in [2.75, 3.05) is 13.2 Å². The van der Waals surface area contributed by atoms with Gasteiger partial charge in [0.2, 0.25) is 0 Å². The predicted molar refractivity (Wildman–Crippen MR) is 100 cm³/mol. The van der Waals surface area contributed by atoms with Gasteiger partial charge >= 0.3 is 0 Å². The Morgan fingerprint density at radius 3 is 2.56 bits per heavy atom. The Balaban J connectivity index is 2.12. The lowest BCUT2D eigenvalue weighted by atomic mass is 9.76. The van der Waals surface area contributed by atoms with Crippen LogP contribution in [-0.2, 0) is 14.2 Å². The van der Waals surface area contributed by atoms with E-state index < -0.39 is 26.6 Å². The SMILES string of the molecule is C=C=CC1CC(C)(C)OCC2OC(OCC[Si](C)(C)C)C(O)C(O)C12. The van der Waals surface area contributed by atoms with Gasteiger partial charge in [-0.2, -0.15) is 0 Å². The maximum absolute atomic E-state index is 10.8. The van der Waals surface area contributed by atoms with Crippen molar-refractivity contribution in [2.45, 2.75) is 76.2 Å². The first-order valence-corrected chi connectivity index (χ1v) is 12.9. The van der Waals surface area contributed by atoms with Crippen molar-refractivity contribution in [3.63, 3.8) is 0 Å². The van der Waals surface area contributed by atoms with E-state index in [1.165, 1.54) is 0 Å². The molecule has 2 fully saturated rings. The fourth-order valence-corrected chi connectivity index (χ4v) is 4.37. The molecule has 0 aliphatic carbocycles. The molecule has 0 spiro atoms. The summed E-state index contributed by atoms with van der Waals surface area (Å²) in [5.41, 5.74) is 2.49. The van der Waals surface area contributed by atoms with Gasteiger partial charge in [-0.05, 0) is 38.3 Å². The summed E-state index contributed by atoms with van der Waals surface area (Å²) in [5, 5.41) is 21.3. The predicted octanol–water partition coefficient (Wildman–Crippen LogP) is 2.56. The summed E-state index contributed by atoms with van der Waals surface area (Å²) >= 11 is 0. The van der Waals surface area contributed by atoms with Crippen LogP contribution in [0.15, 0.2) is 18.4 Å². The first-order chi connectivity index (χ1) is 11.5.